The minimum Gasteiger partial charge on any atom is -0.481 e. The first-order valence-electron chi connectivity index (χ1n) is 6.35. The van der Waals surface area contributed by atoms with Crippen molar-refractivity contribution in [3.8, 4) is 0 Å². The number of hydrogen-bond donors (Lipinski definition) is 1. The normalized spacial score (nSPS) is 11.4. The standard InChI is InChI=1S/C14H20BNO2/c1-14(2,13(17)18)8-5-3-4-6-12-10-11(15)7-9-16-12/h7,9-10H,3-6,8H2,1-2H3,(H,17,18). The summed E-state index contributed by atoms with van der Waals surface area (Å²) in [6.45, 7) is 3.55. The third-order valence-electron chi connectivity index (χ3n) is 3.15. The van der Waals surface area contributed by atoms with E-state index in [0.717, 1.165) is 36.8 Å². The molecule has 0 saturated carbocycles. The second-order valence-corrected chi connectivity index (χ2v) is 5.33. The van der Waals surface area contributed by atoms with Gasteiger partial charge in [0.25, 0.3) is 0 Å². The molecule has 1 aromatic heterocycles. The molecule has 4 heteroatoms. The highest BCUT2D eigenvalue weighted by Gasteiger charge is 2.25. The largest absolute Gasteiger partial charge is 0.481 e. The van der Waals surface area contributed by atoms with E-state index in [0.29, 0.717) is 6.42 Å². The number of aryl methyl sites for hydroxylation is 1. The third kappa shape index (κ3) is 4.90. The van der Waals surface area contributed by atoms with Crippen molar-refractivity contribution in [1.82, 2.24) is 4.98 Å². The predicted octanol–water partition coefficient (Wildman–Crippen LogP) is 2.09. The monoisotopic (exact) mass is 245 g/mol. The van der Waals surface area contributed by atoms with Gasteiger partial charge in [-0.25, -0.2) is 0 Å². The van der Waals surface area contributed by atoms with Crippen LogP contribution in [0.25, 0.3) is 0 Å². The molecule has 0 aliphatic carbocycles. The van der Waals surface area contributed by atoms with Gasteiger partial charge in [0.1, 0.15) is 7.85 Å². The molecule has 1 N–H and O–H groups in total. The van der Waals surface area contributed by atoms with Crippen LogP contribution in [0.3, 0.4) is 0 Å². The van der Waals surface area contributed by atoms with Gasteiger partial charge in [0.2, 0.25) is 0 Å². The number of unbranched alkanes of at least 4 members (excludes halogenated alkanes) is 2. The van der Waals surface area contributed by atoms with Crippen LogP contribution in [0.5, 0.6) is 0 Å². The van der Waals surface area contributed by atoms with Crippen molar-refractivity contribution in [3.05, 3.63) is 24.0 Å². The Morgan fingerprint density at radius 1 is 1.39 bits per heavy atom. The second kappa shape index (κ2) is 6.57. The zero-order chi connectivity index (χ0) is 13.6. The molecule has 1 aromatic rings. The molecule has 0 aromatic carbocycles. The van der Waals surface area contributed by atoms with E-state index in [-0.39, 0.29) is 0 Å². The molecule has 0 unspecified atom stereocenters. The van der Waals surface area contributed by atoms with E-state index in [2.05, 4.69) is 4.98 Å². The van der Waals surface area contributed by atoms with Gasteiger partial charge in [-0.1, -0.05) is 24.4 Å². The van der Waals surface area contributed by atoms with E-state index >= 15 is 0 Å². The highest BCUT2D eigenvalue weighted by molar-refractivity contribution is 6.32. The van der Waals surface area contributed by atoms with Crippen LogP contribution < -0.4 is 5.46 Å². The number of carboxylic acid groups (broad SMARTS) is 1. The van der Waals surface area contributed by atoms with Crippen LogP contribution in [0.4, 0.5) is 0 Å². The molecule has 0 spiro atoms. The van der Waals surface area contributed by atoms with Crippen LogP contribution in [-0.4, -0.2) is 23.9 Å². The minimum atomic E-state index is -0.722. The van der Waals surface area contributed by atoms with Gasteiger partial charge in [-0.05, 0) is 39.2 Å². The van der Waals surface area contributed by atoms with Crippen LogP contribution in [0, 0.1) is 5.41 Å². The first kappa shape index (κ1) is 14.7. The van der Waals surface area contributed by atoms with E-state index < -0.39 is 11.4 Å². The van der Waals surface area contributed by atoms with Crippen LogP contribution in [0.1, 0.15) is 45.2 Å². The maximum absolute atomic E-state index is 10.9. The first-order valence-corrected chi connectivity index (χ1v) is 6.35. The number of aliphatic carboxylic acids is 1. The van der Waals surface area contributed by atoms with E-state index in [9.17, 15) is 4.79 Å². The fraction of sp³-hybridized carbons (Fsp3) is 0.571. The maximum Gasteiger partial charge on any atom is 0.309 e. The third-order valence-corrected chi connectivity index (χ3v) is 3.15. The summed E-state index contributed by atoms with van der Waals surface area (Å²) in [7, 11) is 5.67. The van der Waals surface area contributed by atoms with Crippen molar-refractivity contribution in [2.75, 3.05) is 0 Å². The second-order valence-electron chi connectivity index (χ2n) is 5.33. The zero-order valence-electron chi connectivity index (χ0n) is 11.1. The van der Waals surface area contributed by atoms with Gasteiger partial charge in [-0.2, -0.15) is 0 Å². The molecule has 0 saturated heterocycles. The van der Waals surface area contributed by atoms with Gasteiger partial charge in [-0.3, -0.25) is 9.78 Å². The summed E-state index contributed by atoms with van der Waals surface area (Å²) in [5.74, 6) is -0.722. The Kier molecular flexibility index (Phi) is 5.38. The molecule has 18 heavy (non-hydrogen) atoms. The lowest BCUT2D eigenvalue weighted by Gasteiger charge is -2.18. The Bertz CT molecular complexity index is 405. The lowest BCUT2D eigenvalue weighted by molar-refractivity contribution is -0.147. The van der Waals surface area contributed by atoms with Gasteiger partial charge >= 0.3 is 5.97 Å². The summed E-state index contributed by atoms with van der Waals surface area (Å²) in [5, 5.41) is 8.98. The van der Waals surface area contributed by atoms with E-state index in [4.69, 9.17) is 13.0 Å². The Morgan fingerprint density at radius 3 is 2.72 bits per heavy atom. The average Bonchev–Trinajstić information content (AvgIpc) is 2.28. The number of carbonyl (C=O) groups is 1. The number of hydrogen-bond acceptors (Lipinski definition) is 2. The van der Waals surface area contributed by atoms with Gasteiger partial charge < -0.3 is 5.11 Å². The summed E-state index contributed by atoms with van der Waals surface area (Å²) < 4.78 is 0. The fourth-order valence-electron chi connectivity index (χ4n) is 1.79. The number of carboxylic acids is 1. The van der Waals surface area contributed by atoms with Crippen molar-refractivity contribution in [2.24, 2.45) is 5.41 Å². The van der Waals surface area contributed by atoms with Crippen molar-refractivity contribution in [3.63, 3.8) is 0 Å². The quantitative estimate of drug-likeness (QED) is 0.591. The molecule has 2 radical (unpaired) electrons. The highest BCUT2D eigenvalue weighted by Crippen LogP contribution is 2.23. The minimum absolute atomic E-state index is 0.616. The van der Waals surface area contributed by atoms with Crippen molar-refractivity contribution >= 4 is 19.3 Å². The Hall–Kier alpha value is -1.32. The van der Waals surface area contributed by atoms with Gasteiger partial charge in [0.05, 0.1) is 5.41 Å². The summed E-state index contributed by atoms with van der Waals surface area (Å²) in [4.78, 5) is 15.2. The van der Waals surface area contributed by atoms with Crippen LogP contribution in [0.2, 0.25) is 0 Å². The van der Waals surface area contributed by atoms with E-state index in [1.54, 1.807) is 26.1 Å². The molecule has 0 bridgehead atoms. The summed E-state index contributed by atoms with van der Waals surface area (Å²) in [6, 6.07) is 3.67. The molecule has 96 valence electrons. The summed E-state index contributed by atoms with van der Waals surface area (Å²) in [6.07, 6.45) is 6.31. The van der Waals surface area contributed by atoms with Crippen LogP contribution in [0.15, 0.2) is 18.3 Å². The Morgan fingerprint density at radius 2 is 2.11 bits per heavy atom. The van der Waals surface area contributed by atoms with Gasteiger partial charge in [-0.15, -0.1) is 0 Å². The number of pyridine rings is 1. The lowest BCUT2D eigenvalue weighted by atomic mass is 9.87. The number of nitrogens with zero attached hydrogens (tertiary/aromatic N) is 1. The molecule has 3 nitrogen and oxygen atoms in total. The molecule has 0 aliphatic rings. The number of rotatable bonds is 7. The van der Waals surface area contributed by atoms with E-state index in [1.165, 1.54) is 0 Å². The fourth-order valence-corrected chi connectivity index (χ4v) is 1.79. The molecule has 1 rings (SSSR count). The van der Waals surface area contributed by atoms with Crippen molar-refractivity contribution in [2.45, 2.75) is 46.0 Å². The average molecular weight is 245 g/mol. The SMILES string of the molecule is [B]c1ccnc(CCCCCC(C)(C)C(=O)O)c1. The van der Waals surface area contributed by atoms with E-state index in [1.807, 2.05) is 6.07 Å². The maximum atomic E-state index is 10.9. The summed E-state index contributed by atoms with van der Waals surface area (Å²) >= 11 is 0. The first-order chi connectivity index (χ1) is 8.42. The van der Waals surface area contributed by atoms with Crippen LogP contribution in [-0.2, 0) is 11.2 Å². The Balaban J connectivity index is 2.22. The van der Waals surface area contributed by atoms with Crippen molar-refractivity contribution in [1.29, 1.82) is 0 Å². The molecule has 0 aliphatic heterocycles. The topological polar surface area (TPSA) is 50.2 Å². The van der Waals surface area contributed by atoms with Gasteiger partial charge in [0.15, 0.2) is 0 Å². The smallest absolute Gasteiger partial charge is 0.309 e. The molecular weight excluding hydrogens is 225 g/mol. The molecule has 1 heterocycles. The lowest BCUT2D eigenvalue weighted by Crippen LogP contribution is -2.23. The summed E-state index contributed by atoms with van der Waals surface area (Å²) in [5.41, 5.74) is 1.13. The van der Waals surface area contributed by atoms with Gasteiger partial charge in [0, 0.05) is 11.9 Å². The van der Waals surface area contributed by atoms with Crippen LogP contribution >= 0.6 is 0 Å². The zero-order valence-corrected chi connectivity index (χ0v) is 11.1. The molecule has 0 fully saturated rings. The molecular formula is C14H20BNO2. The predicted molar refractivity (Wildman–Crippen MR) is 73.2 cm³/mol. The number of aromatic nitrogens is 1. The highest BCUT2D eigenvalue weighted by atomic mass is 16.4. The van der Waals surface area contributed by atoms with Crippen molar-refractivity contribution < 1.29 is 9.90 Å². The molecule has 0 amide bonds. The Labute approximate surface area is 110 Å². The molecule has 0 atom stereocenters.